The third-order valence-electron chi connectivity index (χ3n) is 7.78. The first-order valence-electron chi connectivity index (χ1n) is 11.9. The maximum atomic E-state index is 14.0. The first-order chi connectivity index (χ1) is 15.6. The Morgan fingerprint density at radius 3 is 2.25 bits per heavy atom. The van der Waals surface area contributed by atoms with E-state index in [0.717, 1.165) is 30.4 Å². The molecule has 0 bridgehead atoms. The molecule has 3 nitrogen and oxygen atoms in total. The van der Waals surface area contributed by atoms with E-state index in [9.17, 15) is 9.59 Å². The standard InChI is InChI=1S/C29H31NO2/c1-29-25(23-15-9-4-10-16-23)18-17-24(22-13-7-3-8-14-22)26(29)27(31)30(28(29)32)20-19-21-11-5-2-6-12-21/h3-4,7-11,13-18,24-26H,2,5-6,12,19-20H2,1H3/t24-,25+,26-,29-/m1/s1. The summed E-state index contributed by atoms with van der Waals surface area (Å²) in [6.45, 7) is 2.52. The number of imide groups is 1. The van der Waals surface area contributed by atoms with Gasteiger partial charge in [0, 0.05) is 18.4 Å². The monoisotopic (exact) mass is 425 g/mol. The molecule has 2 aliphatic carbocycles. The van der Waals surface area contributed by atoms with Crippen LogP contribution in [0.4, 0.5) is 0 Å². The topological polar surface area (TPSA) is 37.4 Å². The Kier molecular flexibility index (Phi) is 5.58. The van der Waals surface area contributed by atoms with Crippen LogP contribution >= 0.6 is 0 Å². The first-order valence-corrected chi connectivity index (χ1v) is 11.9. The van der Waals surface area contributed by atoms with Gasteiger partial charge >= 0.3 is 0 Å². The summed E-state index contributed by atoms with van der Waals surface area (Å²) in [5, 5.41) is 0. The van der Waals surface area contributed by atoms with Crippen molar-refractivity contribution in [1.82, 2.24) is 4.90 Å². The van der Waals surface area contributed by atoms with E-state index in [1.165, 1.54) is 18.4 Å². The zero-order chi connectivity index (χ0) is 22.1. The van der Waals surface area contributed by atoms with E-state index in [4.69, 9.17) is 0 Å². The highest BCUT2D eigenvalue weighted by atomic mass is 16.2. The van der Waals surface area contributed by atoms with Crippen LogP contribution in [-0.2, 0) is 9.59 Å². The molecule has 1 heterocycles. The molecule has 32 heavy (non-hydrogen) atoms. The van der Waals surface area contributed by atoms with Crippen molar-refractivity contribution in [3.05, 3.63) is 95.6 Å². The van der Waals surface area contributed by atoms with Crippen molar-refractivity contribution in [2.45, 2.75) is 50.9 Å². The summed E-state index contributed by atoms with van der Waals surface area (Å²) < 4.78 is 0. The first kappa shape index (κ1) is 20.9. The van der Waals surface area contributed by atoms with E-state index in [1.54, 1.807) is 4.90 Å². The van der Waals surface area contributed by atoms with Crippen molar-refractivity contribution in [3.8, 4) is 0 Å². The highest BCUT2D eigenvalue weighted by Gasteiger charge is 2.62. The van der Waals surface area contributed by atoms with Gasteiger partial charge in [-0.2, -0.15) is 0 Å². The van der Waals surface area contributed by atoms with E-state index in [-0.39, 0.29) is 29.6 Å². The smallest absolute Gasteiger partial charge is 0.236 e. The molecule has 1 aliphatic heterocycles. The quantitative estimate of drug-likeness (QED) is 0.435. The number of likely N-dealkylation sites (tertiary alicyclic amines) is 1. The Labute approximate surface area is 190 Å². The number of carbonyl (C=O) groups excluding carboxylic acids is 2. The molecule has 2 aromatic rings. The summed E-state index contributed by atoms with van der Waals surface area (Å²) in [7, 11) is 0. The van der Waals surface area contributed by atoms with Gasteiger partial charge in [-0.3, -0.25) is 14.5 Å². The van der Waals surface area contributed by atoms with Gasteiger partial charge in [-0.05, 0) is 50.2 Å². The lowest BCUT2D eigenvalue weighted by atomic mass is 9.58. The molecule has 2 amide bonds. The van der Waals surface area contributed by atoms with Crippen LogP contribution in [0, 0.1) is 11.3 Å². The van der Waals surface area contributed by atoms with Crippen LogP contribution in [0.3, 0.4) is 0 Å². The average molecular weight is 426 g/mol. The zero-order valence-corrected chi connectivity index (χ0v) is 18.7. The highest BCUT2D eigenvalue weighted by molar-refractivity contribution is 6.08. The fraction of sp³-hybridized carbons (Fsp3) is 0.379. The Bertz CT molecular complexity index is 1060. The lowest BCUT2D eigenvalue weighted by Gasteiger charge is -2.41. The van der Waals surface area contributed by atoms with Gasteiger partial charge in [0.15, 0.2) is 0 Å². The second-order valence-corrected chi connectivity index (χ2v) is 9.62. The number of nitrogens with zero attached hydrogens (tertiary/aromatic N) is 1. The number of fused-ring (bicyclic) bond motifs is 1. The third kappa shape index (κ3) is 3.44. The van der Waals surface area contributed by atoms with Crippen molar-refractivity contribution in [3.63, 3.8) is 0 Å². The van der Waals surface area contributed by atoms with Gasteiger partial charge in [-0.15, -0.1) is 0 Å². The molecular weight excluding hydrogens is 394 g/mol. The van der Waals surface area contributed by atoms with Gasteiger partial charge in [0.2, 0.25) is 11.8 Å². The van der Waals surface area contributed by atoms with E-state index in [0.29, 0.717) is 6.54 Å². The molecule has 3 aliphatic rings. The lowest BCUT2D eigenvalue weighted by Crippen LogP contribution is -2.42. The average Bonchev–Trinajstić information content (AvgIpc) is 3.04. The number of carbonyl (C=O) groups is 2. The molecule has 1 fully saturated rings. The number of amides is 2. The molecular formula is C29H31NO2. The van der Waals surface area contributed by atoms with E-state index >= 15 is 0 Å². The minimum atomic E-state index is -0.783. The Morgan fingerprint density at radius 2 is 1.59 bits per heavy atom. The fourth-order valence-corrected chi connectivity index (χ4v) is 6.04. The number of benzene rings is 2. The minimum Gasteiger partial charge on any atom is -0.281 e. The van der Waals surface area contributed by atoms with Gasteiger partial charge in [0.05, 0.1) is 11.3 Å². The summed E-state index contributed by atoms with van der Waals surface area (Å²) in [6, 6.07) is 20.3. The molecule has 164 valence electrons. The summed E-state index contributed by atoms with van der Waals surface area (Å²) >= 11 is 0. The zero-order valence-electron chi connectivity index (χ0n) is 18.7. The molecule has 4 atom stereocenters. The van der Waals surface area contributed by atoms with Crippen LogP contribution in [0.2, 0.25) is 0 Å². The SMILES string of the molecule is C[C@]12C(=O)N(CCC3=CCCCC3)C(=O)[C@H]1[C@@H](c1ccccc1)C=C[C@H]2c1ccccc1. The molecule has 0 spiro atoms. The summed E-state index contributed by atoms with van der Waals surface area (Å²) in [4.78, 5) is 29.4. The van der Waals surface area contributed by atoms with E-state index in [1.807, 2.05) is 43.3 Å². The highest BCUT2D eigenvalue weighted by Crippen LogP contribution is 2.57. The number of rotatable bonds is 5. The van der Waals surface area contributed by atoms with E-state index in [2.05, 4.69) is 42.5 Å². The fourth-order valence-electron chi connectivity index (χ4n) is 6.04. The Hall–Kier alpha value is -2.94. The molecule has 1 saturated heterocycles. The second kappa shape index (κ2) is 8.54. The number of allylic oxidation sites excluding steroid dienone is 3. The van der Waals surface area contributed by atoms with Crippen LogP contribution in [0.1, 0.15) is 62.0 Å². The normalized spacial score (nSPS) is 29.7. The molecule has 3 heteroatoms. The molecule has 2 aromatic carbocycles. The van der Waals surface area contributed by atoms with Crippen LogP contribution in [-0.4, -0.2) is 23.3 Å². The van der Waals surface area contributed by atoms with Gasteiger partial charge in [-0.25, -0.2) is 0 Å². The van der Waals surface area contributed by atoms with Gasteiger partial charge < -0.3 is 0 Å². The third-order valence-corrected chi connectivity index (χ3v) is 7.78. The van der Waals surface area contributed by atoms with Gasteiger partial charge in [0.1, 0.15) is 0 Å². The van der Waals surface area contributed by atoms with Gasteiger partial charge in [0.25, 0.3) is 0 Å². The van der Waals surface area contributed by atoms with Crippen molar-refractivity contribution >= 4 is 11.8 Å². The van der Waals surface area contributed by atoms with Crippen LogP contribution < -0.4 is 0 Å². The molecule has 0 saturated carbocycles. The van der Waals surface area contributed by atoms with Gasteiger partial charge in [-0.1, -0.05) is 84.5 Å². The predicted molar refractivity (Wildman–Crippen MR) is 127 cm³/mol. The molecule has 0 unspecified atom stereocenters. The van der Waals surface area contributed by atoms with Crippen LogP contribution in [0.25, 0.3) is 0 Å². The Balaban J connectivity index is 1.53. The molecule has 0 aromatic heterocycles. The van der Waals surface area contributed by atoms with Crippen molar-refractivity contribution in [2.24, 2.45) is 11.3 Å². The summed E-state index contributed by atoms with van der Waals surface area (Å²) in [6.07, 6.45) is 12.1. The van der Waals surface area contributed by atoms with Crippen LogP contribution in [0.15, 0.2) is 84.5 Å². The summed E-state index contributed by atoms with van der Waals surface area (Å²) in [5.41, 5.74) is 2.81. The molecule has 0 radical (unpaired) electrons. The maximum Gasteiger partial charge on any atom is 0.236 e. The number of hydrogen-bond donors (Lipinski definition) is 0. The summed E-state index contributed by atoms with van der Waals surface area (Å²) in [5.74, 6) is -0.593. The molecule has 0 N–H and O–H groups in total. The van der Waals surface area contributed by atoms with Crippen molar-refractivity contribution in [1.29, 1.82) is 0 Å². The lowest BCUT2D eigenvalue weighted by molar-refractivity contribution is -0.141. The van der Waals surface area contributed by atoms with E-state index < -0.39 is 5.41 Å². The van der Waals surface area contributed by atoms with Crippen LogP contribution in [0.5, 0.6) is 0 Å². The predicted octanol–water partition coefficient (Wildman–Crippen LogP) is 6.01. The maximum absolute atomic E-state index is 14.0. The van der Waals surface area contributed by atoms with Crippen molar-refractivity contribution < 1.29 is 9.59 Å². The minimum absolute atomic E-state index is 0.00644. The Morgan fingerprint density at radius 1 is 0.906 bits per heavy atom. The van der Waals surface area contributed by atoms with Crippen molar-refractivity contribution in [2.75, 3.05) is 6.54 Å². The molecule has 5 rings (SSSR count). The second-order valence-electron chi connectivity index (χ2n) is 9.62. The number of hydrogen-bond acceptors (Lipinski definition) is 2. The largest absolute Gasteiger partial charge is 0.281 e.